The van der Waals surface area contributed by atoms with Gasteiger partial charge in [-0.1, -0.05) is 44.7 Å². The molecule has 0 atom stereocenters. The number of benzene rings is 1. The van der Waals surface area contributed by atoms with Crippen LogP contribution in [-0.4, -0.2) is 6.61 Å². The standard InChI is InChI=1S/C19H29O/c1-2-3-4-5-9-16-20-19-14-12-18(13-15-19)17-10-7-6-8-11-17/h6,12-15,17H,2-5,7-11,16H2,1H3. The van der Waals surface area contributed by atoms with E-state index in [4.69, 9.17) is 4.74 Å². The first-order chi connectivity index (χ1) is 9.90. The van der Waals surface area contributed by atoms with Crippen LogP contribution in [-0.2, 0) is 0 Å². The highest BCUT2D eigenvalue weighted by molar-refractivity contribution is 5.29. The first-order valence-electron chi connectivity index (χ1n) is 8.44. The van der Waals surface area contributed by atoms with Gasteiger partial charge in [-0.25, -0.2) is 0 Å². The summed E-state index contributed by atoms with van der Waals surface area (Å²) in [7, 11) is 0. The Balaban J connectivity index is 1.68. The molecule has 1 aliphatic rings. The summed E-state index contributed by atoms with van der Waals surface area (Å²) in [5.41, 5.74) is 1.49. The van der Waals surface area contributed by atoms with Crippen LogP contribution >= 0.6 is 0 Å². The fourth-order valence-electron chi connectivity index (χ4n) is 2.99. The maximum atomic E-state index is 5.82. The monoisotopic (exact) mass is 273 g/mol. The molecule has 0 amide bonds. The van der Waals surface area contributed by atoms with E-state index >= 15 is 0 Å². The third-order valence-corrected chi connectivity index (χ3v) is 4.31. The predicted molar refractivity (Wildman–Crippen MR) is 86.2 cm³/mol. The topological polar surface area (TPSA) is 9.23 Å². The summed E-state index contributed by atoms with van der Waals surface area (Å²) in [4.78, 5) is 0. The summed E-state index contributed by atoms with van der Waals surface area (Å²) >= 11 is 0. The molecule has 0 bridgehead atoms. The second kappa shape index (κ2) is 9.05. The van der Waals surface area contributed by atoms with Crippen LogP contribution in [0.3, 0.4) is 0 Å². The highest BCUT2D eigenvalue weighted by atomic mass is 16.5. The molecule has 1 radical (unpaired) electrons. The quantitative estimate of drug-likeness (QED) is 0.536. The van der Waals surface area contributed by atoms with Crippen molar-refractivity contribution in [3.63, 3.8) is 0 Å². The predicted octanol–water partition coefficient (Wildman–Crippen LogP) is 5.90. The minimum Gasteiger partial charge on any atom is -0.494 e. The van der Waals surface area contributed by atoms with Crippen molar-refractivity contribution in [2.45, 2.75) is 70.6 Å². The molecule has 1 nitrogen and oxygen atoms in total. The molecule has 1 fully saturated rings. The molecule has 0 aliphatic heterocycles. The summed E-state index contributed by atoms with van der Waals surface area (Å²) in [5.74, 6) is 1.80. The lowest BCUT2D eigenvalue weighted by Crippen LogP contribution is -2.05. The van der Waals surface area contributed by atoms with Gasteiger partial charge >= 0.3 is 0 Å². The Morgan fingerprint density at radius 2 is 1.65 bits per heavy atom. The Bertz CT molecular complexity index is 349. The van der Waals surface area contributed by atoms with E-state index in [0.29, 0.717) is 0 Å². The van der Waals surface area contributed by atoms with E-state index in [-0.39, 0.29) is 0 Å². The summed E-state index contributed by atoms with van der Waals surface area (Å²) in [6, 6.07) is 8.84. The van der Waals surface area contributed by atoms with Crippen molar-refractivity contribution >= 4 is 0 Å². The fourth-order valence-corrected chi connectivity index (χ4v) is 2.99. The molecular formula is C19H29O. The average Bonchev–Trinajstić information content (AvgIpc) is 2.52. The molecule has 0 unspecified atom stereocenters. The zero-order valence-electron chi connectivity index (χ0n) is 12.9. The van der Waals surface area contributed by atoms with Crippen LogP contribution in [0.25, 0.3) is 0 Å². The van der Waals surface area contributed by atoms with Crippen LogP contribution in [0.1, 0.15) is 76.2 Å². The summed E-state index contributed by atoms with van der Waals surface area (Å²) in [5, 5.41) is 0. The molecule has 0 N–H and O–H groups in total. The third kappa shape index (κ3) is 5.19. The Morgan fingerprint density at radius 3 is 2.35 bits per heavy atom. The Morgan fingerprint density at radius 1 is 0.950 bits per heavy atom. The smallest absolute Gasteiger partial charge is 0.119 e. The molecule has 111 valence electrons. The average molecular weight is 273 g/mol. The lowest BCUT2D eigenvalue weighted by Gasteiger charge is -2.21. The third-order valence-electron chi connectivity index (χ3n) is 4.31. The molecule has 0 saturated heterocycles. The van der Waals surface area contributed by atoms with E-state index in [0.717, 1.165) is 18.3 Å². The van der Waals surface area contributed by atoms with Gasteiger partial charge in [-0.05, 0) is 62.1 Å². The van der Waals surface area contributed by atoms with Gasteiger partial charge < -0.3 is 4.74 Å². The van der Waals surface area contributed by atoms with Gasteiger partial charge in [0.15, 0.2) is 0 Å². The number of hydrogen-bond acceptors (Lipinski definition) is 1. The lowest BCUT2D eigenvalue weighted by atomic mass is 9.84. The normalized spacial score (nSPS) is 16.2. The van der Waals surface area contributed by atoms with Crippen molar-refractivity contribution in [3.05, 3.63) is 36.2 Å². The Kier molecular flexibility index (Phi) is 6.97. The second-order valence-electron chi connectivity index (χ2n) is 5.97. The first-order valence-corrected chi connectivity index (χ1v) is 8.44. The van der Waals surface area contributed by atoms with Crippen molar-refractivity contribution in [3.8, 4) is 5.75 Å². The molecule has 2 rings (SSSR count). The van der Waals surface area contributed by atoms with Crippen molar-refractivity contribution in [1.82, 2.24) is 0 Å². The SMILES string of the molecule is CCCCCCCOc1ccc(C2CC[CH]CC2)cc1. The minimum atomic E-state index is 0.767. The number of ether oxygens (including phenoxy) is 1. The Hall–Kier alpha value is -0.980. The van der Waals surface area contributed by atoms with Crippen LogP contribution < -0.4 is 4.74 Å². The van der Waals surface area contributed by atoms with Crippen molar-refractivity contribution in [2.75, 3.05) is 6.61 Å². The van der Waals surface area contributed by atoms with E-state index in [1.165, 1.54) is 63.4 Å². The largest absolute Gasteiger partial charge is 0.494 e. The van der Waals surface area contributed by atoms with Crippen molar-refractivity contribution < 1.29 is 4.74 Å². The van der Waals surface area contributed by atoms with Gasteiger partial charge in [-0.2, -0.15) is 0 Å². The zero-order chi connectivity index (χ0) is 14.0. The first kappa shape index (κ1) is 15.4. The zero-order valence-corrected chi connectivity index (χ0v) is 12.9. The van der Waals surface area contributed by atoms with Gasteiger partial charge in [0, 0.05) is 0 Å². The number of hydrogen-bond donors (Lipinski definition) is 0. The Labute approximate surface area is 124 Å². The molecular weight excluding hydrogens is 244 g/mol. The molecule has 1 aromatic carbocycles. The summed E-state index contributed by atoms with van der Waals surface area (Å²) in [6.07, 6.45) is 14.1. The highest BCUT2D eigenvalue weighted by Gasteiger charge is 2.15. The van der Waals surface area contributed by atoms with Crippen LogP contribution in [0.4, 0.5) is 0 Å². The van der Waals surface area contributed by atoms with Crippen LogP contribution in [0.2, 0.25) is 0 Å². The van der Waals surface area contributed by atoms with Gasteiger partial charge in [0.2, 0.25) is 0 Å². The van der Waals surface area contributed by atoms with Crippen LogP contribution in [0.15, 0.2) is 24.3 Å². The van der Waals surface area contributed by atoms with E-state index in [1.54, 1.807) is 0 Å². The van der Waals surface area contributed by atoms with Crippen LogP contribution in [0.5, 0.6) is 5.75 Å². The fraction of sp³-hybridized carbons (Fsp3) is 0.632. The summed E-state index contributed by atoms with van der Waals surface area (Å²) < 4.78 is 5.82. The maximum Gasteiger partial charge on any atom is 0.119 e. The van der Waals surface area contributed by atoms with Gasteiger partial charge in [0.1, 0.15) is 5.75 Å². The molecule has 1 heteroatoms. The highest BCUT2D eigenvalue weighted by Crippen LogP contribution is 2.32. The summed E-state index contributed by atoms with van der Waals surface area (Å²) in [6.45, 7) is 3.11. The van der Waals surface area contributed by atoms with Gasteiger partial charge in [-0.3, -0.25) is 0 Å². The molecule has 0 heterocycles. The maximum absolute atomic E-state index is 5.82. The molecule has 0 aromatic heterocycles. The second-order valence-corrected chi connectivity index (χ2v) is 5.97. The molecule has 1 aliphatic carbocycles. The van der Waals surface area contributed by atoms with E-state index in [2.05, 4.69) is 37.6 Å². The van der Waals surface area contributed by atoms with Gasteiger partial charge in [-0.15, -0.1) is 0 Å². The van der Waals surface area contributed by atoms with Gasteiger partial charge in [0.05, 0.1) is 6.61 Å². The molecule has 1 saturated carbocycles. The van der Waals surface area contributed by atoms with Crippen molar-refractivity contribution in [2.24, 2.45) is 0 Å². The number of unbranched alkanes of at least 4 members (excludes halogenated alkanes) is 4. The van der Waals surface area contributed by atoms with Crippen molar-refractivity contribution in [1.29, 1.82) is 0 Å². The molecule has 1 aromatic rings. The number of rotatable bonds is 8. The van der Waals surface area contributed by atoms with Gasteiger partial charge in [0.25, 0.3) is 0 Å². The van der Waals surface area contributed by atoms with E-state index in [9.17, 15) is 0 Å². The lowest BCUT2D eigenvalue weighted by molar-refractivity contribution is 0.304. The minimum absolute atomic E-state index is 0.767. The van der Waals surface area contributed by atoms with E-state index in [1.807, 2.05) is 0 Å². The van der Waals surface area contributed by atoms with E-state index < -0.39 is 0 Å². The van der Waals surface area contributed by atoms with Crippen LogP contribution in [0, 0.1) is 6.42 Å². The molecule has 20 heavy (non-hydrogen) atoms. The molecule has 0 spiro atoms.